The summed E-state index contributed by atoms with van der Waals surface area (Å²) >= 11 is 0. The molecule has 2 aromatic rings. The van der Waals surface area contributed by atoms with Gasteiger partial charge in [0.1, 0.15) is 11.6 Å². The zero-order chi connectivity index (χ0) is 22.1. The molecule has 8 nitrogen and oxygen atoms in total. The van der Waals surface area contributed by atoms with Crippen molar-refractivity contribution in [1.82, 2.24) is 24.3 Å². The Kier molecular flexibility index (Phi) is 6.15. The fraction of sp³-hybridized carbons (Fsp3) is 0.625. The first kappa shape index (κ1) is 21.4. The summed E-state index contributed by atoms with van der Waals surface area (Å²) in [5.41, 5.74) is 7.43. The largest absolute Gasteiger partial charge is 0.356 e. The molecule has 0 radical (unpaired) electrons. The van der Waals surface area contributed by atoms with E-state index >= 15 is 0 Å². The van der Waals surface area contributed by atoms with E-state index in [4.69, 9.17) is 15.7 Å². The molecule has 2 aliphatic heterocycles. The number of rotatable bonds is 6. The van der Waals surface area contributed by atoms with Crippen molar-refractivity contribution in [3.05, 3.63) is 30.4 Å². The Balaban J connectivity index is 1.31. The monoisotopic (exact) mass is 437 g/mol. The van der Waals surface area contributed by atoms with Gasteiger partial charge >= 0.3 is 6.03 Å². The van der Waals surface area contributed by atoms with Crippen molar-refractivity contribution in [2.24, 2.45) is 11.7 Å². The van der Waals surface area contributed by atoms with Crippen LogP contribution in [0.4, 0.5) is 10.6 Å². The highest BCUT2D eigenvalue weighted by atomic mass is 16.2. The number of piperazine rings is 1. The van der Waals surface area contributed by atoms with E-state index in [-0.39, 0.29) is 0 Å². The van der Waals surface area contributed by atoms with Gasteiger partial charge in [-0.3, -0.25) is 9.47 Å². The third-order valence-corrected chi connectivity index (χ3v) is 7.37. The Labute approximate surface area is 190 Å². The van der Waals surface area contributed by atoms with E-state index in [1.54, 1.807) is 6.20 Å². The number of nitrogens with zero attached hydrogens (tertiary/aromatic N) is 6. The molecule has 8 heteroatoms. The van der Waals surface area contributed by atoms with Crippen LogP contribution in [0.15, 0.2) is 24.5 Å². The smallest absolute Gasteiger partial charge is 0.324 e. The van der Waals surface area contributed by atoms with E-state index in [0.717, 1.165) is 80.7 Å². The van der Waals surface area contributed by atoms with Crippen molar-refractivity contribution in [2.75, 3.05) is 51.2 Å². The number of primary amides is 1. The normalized spacial score (nSPS) is 21.2. The van der Waals surface area contributed by atoms with Crippen LogP contribution in [0.5, 0.6) is 0 Å². The summed E-state index contributed by atoms with van der Waals surface area (Å²) in [7, 11) is 2.21. The highest BCUT2D eigenvalue weighted by molar-refractivity contribution is 5.79. The van der Waals surface area contributed by atoms with Gasteiger partial charge in [-0.1, -0.05) is 12.8 Å². The van der Waals surface area contributed by atoms with Crippen molar-refractivity contribution in [3.8, 4) is 11.3 Å². The van der Waals surface area contributed by atoms with E-state index in [2.05, 4.69) is 27.8 Å². The Bertz CT molecular complexity index is 938. The lowest BCUT2D eigenvalue weighted by Gasteiger charge is -2.42. The number of aromatic nitrogens is 3. The summed E-state index contributed by atoms with van der Waals surface area (Å²) in [6, 6.07) is 4.21. The molecule has 0 aromatic carbocycles. The third kappa shape index (κ3) is 4.66. The number of anilines is 1. The maximum atomic E-state index is 12.0. The lowest BCUT2D eigenvalue weighted by Crippen LogP contribution is -2.52. The second kappa shape index (κ2) is 9.19. The second-order valence-electron chi connectivity index (χ2n) is 9.66. The molecule has 5 rings (SSSR count). The van der Waals surface area contributed by atoms with Crippen molar-refractivity contribution in [3.63, 3.8) is 0 Å². The topological polar surface area (TPSA) is 83.5 Å². The van der Waals surface area contributed by atoms with E-state index < -0.39 is 6.03 Å². The summed E-state index contributed by atoms with van der Waals surface area (Å²) in [5.74, 6) is 2.52. The number of aryl methyl sites for hydroxylation is 1. The highest BCUT2D eigenvalue weighted by Gasteiger charge is 2.29. The van der Waals surface area contributed by atoms with Gasteiger partial charge in [0.2, 0.25) is 0 Å². The molecular weight excluding hydrogens is 402 g/mol. The van der Waals surface area contributed by atoms with Gasteiger partial charge in [0.05, 0.1) is 5.69 Å². The SMILES string of the molecule is CN1CCN(C2CCN(c3ncccc3-c3cn(C(N)=O)c(CCC4CC4)n3)CC2)CC1. The molecule has 1 aliphatic carbocycles. The Morgan fingerprint density at radius 2 is 1.84 bits per heavy atom. The Morgan fingerprint density at radius 3 is 2.53 bits per heavy atom. The molecule has 0 unspecified atom stereocenters. The first-order valence-corrected chi connectivity index (χ1v) is 12.1. The van der Waals surface area contributed by atoms with Crippen LogP contribution in [0.2, 0.25) is 0 Å². The molecule has 0 atom stereocenters. The molecule has 3 fully saturated rings. The minimum absolute atomic E-state index is 0.465. The van der Waals surface area contributed by atoms with E-state index in [1.807, 2.05) is 12.3 Å². The number of nitrogens with two attached hydrogens (primary N) is 1. The highest BCUT2D eigenvalue weighted by Crippen LogP contribution is 2.34. The predicted molar refractivity (Wildman–Crippen MR) is 126 cm³/mol. The zero-order valence-electron chi connectivity index (χ0n) is 19.1. The molecule has 1 amide bonds. The van der Waals surface area contributed by atoms with Crippen LogP contribution < -0.4 is 10.6 Å². The number of amides is 1. The molecule has 1 saturated carbocycles. The Hall–Kier alpha value is -2.45. The quantitative estimate of drug-likeness (QED) is 0.747. The number of carbonyl (C=O) groups is 1. The van der Waals surface area contributed by atoms with Gasteiger partial charge in [-0.15, -0.1) is 0 Å². The molecule has 4 heterocycles. The van der Waals surface area contributed by atoms with Crippen molar-refractivity contribution < 1.29 is 4.79 Å². The molecule has 0 bridgehead atoms. The van der Waals surface area contributed by atoms with Crippen LogP contribution in [-0.2, 0) is 6.42 Å². The molecule has 172 valence electrons. The molecule has 2 N–H and O–H groups in total. The van der Waals surface area contributed by atoms with Gasteiger partial charge in [0, 0.05) is 69.7 Å². The van der Waals surface area contributed by atoms with Gasteiger partial charge in [-0.25, -0.2) is 14.8 Å². The predicted octanol–water partition coefficient (Wildman–Crippen LogP) is 2.43. The van der Waals surface area contributed by atoms with E-state index in [9.17, 15) is 4.79 Å². The van der Waals surface area contributed by atoms with Gasteiger partial charge in [0.15, 0.2) is 0 Å². The van der Waals surface area contributed by atoms with Crippen LogP contribution in [0.25, 0.3) is 11.3 Å². The maximum Gasteiger partial charge on any atom is 0.324 e. The number of hydrogen-bond acceptors (Lipinski definition) is 6. The van der Waals surface area contributed by atoms with E-state index in [0.29, 0.717) is 6.04 Å². The molecule has 0 spiro atoms. The summed E-state index contributed by atoms with van der Waals surface area (Å²) < 4.78 is 1.52. The van der Waals surface area contributed by atoms with Crippen molar-refractivity contribution >= 4 is 11.8 Å². The Morgan fingerprint density at radius 1 is 1.09 bits per heavy atom. The molecule has 2 aromatic heterocycles. The van der Waals surface area contributed by atoms with Crippen LogP contribution >= 0.6 is 0 Å². The van der Waals surface area contributed by atoms with Gasteiger partial charge in [-0.2, -0.15) is 0 Å². The number of likely N-dealkylation sites (N-methyl/N-ethyl adjacent to an activating group) is 1. The van der Waals surface area contributed by atoms with Gasteiger partial charge in [-0.05, 0) is 44.4 Å². The standard InChI is InChI=1S/C24H35N7O/c1-28-13-15-29(16-14-28)19-8-11-30(12-9-19)23-20(3-2-10-26-23)21-17-31(24(25)32)22(27-21)7-6-18-4-5-18/h2-3,10,17-19H,4-9,11-16H2,1H3,(H2,25,32). The molecule has 32 heavy (non-hydrogen) atoms. The summed E-state index contributed by atoms with van der Waals surface area (Å²) in [6.07, 6.45) is 10.4. The number of piperidine rings is 1. The van der Waals surface area contributed by atoms with Crippen molar-refractivity contribution in [2.45, 2.75) is 44.6 Å². The van der Waals surface area contributed by atoms with E-state index in [1.165, 1.54) is 30.5 Å². The van der Waals surface area contributed by atoms with Crippen LogP contribution in [0, 0.1) is 5.92 Å². The fourth-order valence-corrected chi connectivity index (χ4v) is 5.13. The minimum atomic E-state index is -0.465. The molecule has 3 aliphatic rings. The molecular formula is C24H35N7O. The number of pyridine rings is 1. The lowest BCUT2D eigenvalue weighted by atomic mass is 10.0. The van der Waals surface area contributed by atoms with Crippen LogP contribution in [0.1, 0.15) is 37.9 Å². The van der Waals surface area contributed by atoms with Crippen molar-refractivity contribution in [1.29, 1.82) is 0 Å². The third-order valence-electron chi connectivity index (χ3n) is 7.37. The van der Waals surface area contributed by atoms with Crippen LogP contribution in [-0.4, -0.2) is 82.7 Å². The summed E-state index contributed by atoms with van der Waals surface area (Å²) in [5, 5.41) is 0. The minimum Gasteiger partial charge on any atom is -0.356 e. The second-order valence-corrected chi connectivity index (χ2v) is 9.66. The lowest BCUT2D eigenvalue weighted by molar-refractivity contribution is 0.0981. The number of imidazole rings is 1. The fourth-order valence-electron chi connectivity index (χ4n) is 5.13. The first-order valence-electron chi connectivity index (χ1n) is 12.1. The maximum absolute atomic E-state index is 12.0. The first-order chi connectivity index (χ1) is 15.6. The average molecular weight is 438 g/mol. The average Bonchev–Trinajstić information content (AvgIpc) is 3.55. The number of hydrogen-bond donors (Lipinski definition) is 1. The van der Waals surface area contributed by atoms with Crippen LogP contribution in [0.3, 0.4) is 0 Å². The van der Waals surface area contributed by atoms with Gasteiger partial charge < -0.3 is 15.5 Å². The number of carbonyl (C=O) groups excluding carboxylic acids is 1. The summed E-state index contributed by atoms with van der Waals surface area (Å²) in [4.78, 5) is 29.1. The zero-order valence-corrected chi connectivity index (χ0v) is 19.1. The van der Waals surface area contributed by atoms with Gasteiger partial charge in [0.25, 0.3) is 0 Å². The molecule has 2 saturated heterocycles. The summed E-state index contributed by atoms with van der Waals surface area (Å²) in [6.45, 7) is 6.65.